The van der Waals surface area contributed by atoms with Crippen LogP contribution in [0.5, 0.6) is 5.75 Å². The summed E-state index contributed by atoms with van der Waals surface area (Å²) in [6.45, 7) is 0.853. The molecule has 0 spiro atoms. The van der Waals surface area contributed by atoms with Crippen LogP contribution in [0.2, 0.25) is 0 Å². The molecule has 3 rings (SSSR count). The summed E-state index contributed by atoms with van der Waals surface area (Å²) >= 11 is 0. The Bertz CT molecular complexity index is 666. The topological polar surface area (TPSA) is 60.1 Å². The first-order valence-electron chi connectivity index (χ1n) is 7.64. The molecular weight excluding hydrogens is 274 g/mol. The predicted octanol–water partition coefficient (Wildman–Crippen LogP) is 3.58. The molecule has 1 aliphatic heterocycles. The number of aromatic hydroxyl groups is 1. The first kappa shape index (κ1) is 14.6. The number of phenols is 1. The molecule has 1 fully saturated rings. The van der Waals surface area contributed by atoms with Gasteiger partial charge in [0.15, 0.2) is 0 Å². The summed E-state index contributed by atoms with van der Waals surface area (Å²) in [7, 11) is 0. The zero-order chi connectivity index (χ0) is 15.4. The Kier molecular flexibility index (Phi) is 4.36. The maximum Gasteiger partial charge on any atom is 0.127 e. The normalized spacial score (nSPS) is 20.2. The van der Waals surface area contributed by atoms with Crippen molar-refractivity contribution in [2.75, 3.05) is 6.54 Å². The first-order valence-corrected chi connectivity index (χ1v) is 7.64. The van der Waals surface area contributed by atoms with Crippen molar-refractivity contribution >= 4 is 0 Å². The number of nitriles is 1. The zero-order valence-electron chi connectivity index (χ0n) is 12.4. The van der Waals surface area contributed by atoms with Gasteiger partial charge in [0.05, 0.1) is 6.07 Å². The second-order valence-electron chi connectivity index (χ2n) is 5.63. The van der Waals surface area contributed by atoms with E-state index < -0.39 is 6.04 Å². The molecule has 4 heteroatoms. The fourth-order valence-electron chi connectivity index (χ4n) is 3.24. The highest BCUT2D eigenvalue weighted by atomic mass is 16.3. The van der Waals surface area contributed by atoms with Crippen LogP contribution in [0.1, 0.15) is 42.5 Å². The number of benzene rings is 1. The maximum absolute atomic E-state index is 10.1. The molecule has 0 aliphatic carbocycles. The number of nitrogens with zero attached hydrogens (tertiary/aromatic N) is 3. The van der Waals surface area contributed by atoms with Gasteiger partial charge >= 0.3 is 0 Å². The van der Waals surface area contributed by atoms with Crippen LogP contribution in [0, 0.1) is 11.3 Å². The number of aromatic nitrogens is 1. The van der Waals surface area contributed by atoms with Gasteiger partial charge in [0.1, 0.15) is 11.8 Å². The van der Waals surface area contributed by atoms with Gasteiger partial charge in [0.2, 0.25) is 0 Å². The van der Waals surface area contributed by atoms with Gasteiger partial charge < -0.3 is 5.11 Å². The van der Waals surface area contributed by atoms with Gasteiger partial charge in [-0.1, -0.05) is 30.7 Å². The fourth-order valence-corrected chi connectivity index (χ4v) is 3.24. The van der Waals surface area contributed by atoms with Crippen molar-refractivity contribution in [2.45, 2.75) is 31.3 Å². The van der Waals surface area contributed by atoms with Gasteiger partial charge in [-0.2, -0.15) is 5.26 Å². The van der Waals surface area contributed by atoms with Crippen molar-refractivity contribution in [3.63, 3.8) is 0 Å². The van der Waals surface area contributed by atoms with E-state index >= 15 is 0 Å². The zero-order valence-corrected chi connectivity index (χ0v) is 12.4. The van der Waals surface area contributed by atoms with Crippen LogP contribution in [0.3, 0.4) is 0 Å². The number of hydrogen-bond donors (Lipinski definition) is 1. The van der Waals surface area contributed by atoms with Crippen LogP contribution in [0.4, 0.5) is 0 Å². The third-order valence-electron chi connectivity index (χ3n) is 4.30. The lowest BCUT2D eigenvalue weighted by molar-refractivity contribution is 0.118. The van der Waals surface area contributed by atoms with Crippen LogP contribution in [-0.2, 0) is 0 Å². The largest absolute Gasteiger partial charge is 0.508 e. The minimum atomic E-state index is -0.438. The lowest BCUT2D eigenvalue weighted by Crippen LogP contribution is -2.36. The van der Waals surface area contributed by atoms with Crippen LogP contribution in [-0.4, -0.2) is 21.5 Å². The van der Waals surface area contributed by atoms with E-state index in [4.69, 9.17) is 0 Å². The molecule has 0 bridgehead atoms. The molecule has 1 aliphatic rings. The molecule has 0 amide bonds. The van der Waals surface area contributed by atoms with E-state index in [1.165, 1.54) is 0 Å². The second-order valence-corrected chi connectivity index (χ2v) is 5.63. The number of pyridine rings is 1. The monoisotopic (exact) mass is 293 g/mol. The second kappa shape index (κ2) is 6.59. The van der Waals surface area contributed by atoms with Gasteiger partial charge in [-0.15, -0.1) is 0 Å². The summed E-state index contributed by atoms with van der Waals surface area (Å²) in [5.74, 6) is 0.185. The summed E-state index contributed by atoms with van der Waals surface area (Å²) in [5.41, 5.74) is 1.82. The Morgan fingerprint density at radius 1 is 1.23 bits per heavy atom. The average Bonchev–Trinajstić information content (AvgIpc) is 2.58. The maximum atomic E-state index is 10.1. The van der Waals surface area contributed by atoms with Gasteiger partial charge in [0.25, 0.3) is 0 Å². The summed E-state index contributed by atoms with van der Waals surface area (Å²) in [6, 6.07) is 13.2. The molecule has 0 saturated carbocycles. The fraction of sp³-hybridized carbons (Fsp3) is 0.333. The van der Waals surface area contributed by atoms with E-state index in [0.717, 1.165) is 31.4 Å². The molecule has 1 N–H and O–H groups in total. The number of hydrogen-bond acceptors (Lipinski definition) is 4. The van der Waals surface area contributed by atoms with Crippen molar-refractivity contribution in [3.8, 4) is 11.8 Å². The van der Waals surface area contributed by atoms with Gasteiger partial charge in [-0.3, -0.25) is 9.88 Å². The molecule has 22 heavy (non-hydrogen) atoms. The summed E-state index contributed by atoms with van der Waals surface area (Å²) in [4.78, 5) is 6.40. The molecule has 4 nitrogen and oxygen atoms in total. The molecule has 0 radical (unpaired) electrons. The number of rotatable bonds is 3. The highest BCUT2D eigenvalue weighted by Gasteiger charge is 2.32. The summed E-state index contributed by atoms with van der Waals surface area (Å²) in [6.07, 6.45) is 6.87. The lowest BCUT2D eigenvalue weighted by Gasteiger charge is -2.38. The van der Waals surface area contributed by atoms with Crippen molar-refractivity contribution in [1.82, 2.24) is 9.88 Å². The molecule has 2 atom stereocenters. The van der Waals surface area contributed by atoms with Gasteiger partial charge in [0, 0.05) is 30.5 Å². The van der Waals surface area contributed by atoms with Crippen molar-refractivity contribution in [1.29, 1.82) is 5.26 Å². The van der Waals surface area contributed by atoms with Crippen LogP contribution >= 0.6 is 0 Å². The Labute approximate surface area is 130 Å². The van der Waals surface area contributed by atoms with Crippen molar-refractivity contribution < 1.29 is 5.11 Å². The van der Waals surface area contributed by atoms with Crippen molar-refractivity contribution in [2.24, 2.45) is 0 Å². The first-order chi connectivity index (χ1) is 10.8. The molecule has 0 unspecified atom stereocenters. The highest BCUT2D eigenvalue weighted by Crippen LogP contribution is 2.39. The minimum Gasteiger partial charge on any atom is -0.508 e. The van der Waals surface area contributed by atoms with Gasteiger partial charge in [-0.05, 0) is 30.5 Å². The average molecular weight is 293 g/mol. The molecule has 1 aromatic carbocycles. The van der Waals surface area contributed by atoms with E-state index in [1.54, 1.807) is 18.3 Å². The number of para-hydroxylation sites is 1. The quantitative estimate of drug-likeness (QED) is 0.939. The lowest BCUT2D eigenvalue weighted by atomic mass is 9.92. The Morgan fingerprint density at radius 3 is 2.82 bits per heavy atom. The van der Waals surface area contributed by atoms with Crippen LogP contribution < -0.4 is 0 Å². The number of piperidine rings is 1. The van der Waals surface area contributed by atoms with E-state index in [0.29, 0.717) is 5.56 Å². The highest BCUT2D eigenvalue weighted by molar-refractivity contribution is 5.38. The SMILES string of the molecule is N#C[C@@H](c1ccccc1O)N1CCCC[C@H]1c1cccnc1. The Hall–Kier alpha value is -2.38. The smallest absolute Gasteiger partial charge is 0.127 e. The van der Waals surface area contributed by atoms with Gasteiger partial charge in [-0.25, -0.2) is 0 Å². The standard InChI is InChI=1S/C18H19N3O/c19-12-17(15-7-1-2-9-18(15)22)21-11-4-3-8-16(21)14-6-5-10-20-13-14/h1-2,5-7,9-10,13,16-17,22H,3-4,8,11H2/t16-,17-/m0/s1. The molecular formula is C18H19N3O. The predicted molar refractivity (Wildman–Crippen MR) is 84.0 cm³/mol. The van der Waals surface area contributed by atoms with E-state index in [1.807, 2.05) is 24.4 Å². The molecule has 2 heterocycles. The number of likely N-dealkylation sites (tertiary alicyclic amines) is 1. The van der Waals surface area contributed by atoms with Crippen LogP contribution in [0.15, 0.2) is 48.8 Å². The number of phenolic OH excluding ortho intramolecular Hbond substituents is 1. The molecule has 1 aromatic heterocycles. The molecule has 2 aromatic rings. The van der Waals surface area contributed by atoms with E-state index in [2.05, 4.69) is 22.0 Å². The molecule has 112 valence electrons. The van der Waals surface area contributed by atoms with E-state index in [9.17, 15) is 10.4 Å². The Morgan fingerprint density at radius 2 is 2.09 bits per heavy atom. The van der Waals surface area contributed by atoms with Crippen molar-refractivity contribution in [3.05, 3.63) is 59.9 Å². The Balaban J connectivity index is 1.96. The minimum absolute atomic E-state index is 0.173. The van der Waals surface area contributed by atoms with E-state index in [-0.39, 0.29) is 11.8 Å². The van der Waals surface area contributed by atoms with Crippen LogP contribution in [0.25, 0.3) is 0 Å². The molecule has 1 saturated heterocycles. The third-order valence-corrected chi connectivity index (χ3v) is 4.30. The summed E-state index contributed by atoms with van der Waals surface area (Å²) in [5, 5.41) is 19.8. The third kappa shape index (κ3) is 2.81. The summed E-state index contributed by atoms with van der Waals surface area (Å²) < 4.78 is 0.